The van der Waals surface area contributed by atoms with E-state index < -0.39 is 0 Å². The number of aromatic nitrogens is 2. The van der Waals surface area contributed by atoms with E-state index in [2.05, 4.69) is 10.4 Å². The summed E-state index contributed by atoms with van der Waals surface area (Å²) in [4.78, 5) is 14.2. The number of rotatable bonds is 6. The molecule has 0 radical (unpaired) electrons. The minimum atomic E-state index is -0.0488. The minimum absolute atomic E-state index is 0.0488. The largest absolute Gasteiger partial charge is 0.396 e. The second-order valence-corrected chi connectivity index (χ2v) is 6.81. The quantitative estimate of drug-likeness (QED) is 0.833. The van der Waals surface area contributed by atoms with Crippen molar-refractivity contribution in [2.24, 2.45) is 5.92 Å². The SMILES string of the molecule is O=C(Nc1cnn(CC2CCCO2)c1)N1CCC(CCCO)CC1. The standard InChI is InChI=1S/C17H28N4O3/c22-9-1-3-14-5-7-20(8-6-14)17(23)19-15-11-18-21(12-15)13-16-4-2-10-24-16/h11-12,14,16,22H,1-10,13H2,(H,19,23). The number of ether oxygens (including phenoxy) is 1. The van der Waals surface area contributed by atoms with Gasteiger partial charge in [0.15, 0.2) is 0 Å². The molecular formula is C17H28N4O3. The number of carbonyl (C=O) groups excluding carboxylic acids is 1. The summed E-state index contributed by atoms with van der Waals surface area (Å²) in [5, 5.41) is 16.1. The van der Waals surface area contributed by atoms with Crippen LogP contribution in [0.4, 0.5) is 10.5 Å². The monoisotopic (exact) mass is 336 g/mol. The predicted molar refractivity (Wildman–Crippen MR) is 90.8 cm³/mol. The number of nitrogens with one attached hydrogen (secondary N) is 1. The van der Waals surface area contributed by atoms with Gasteiger partial charge in [0.05, 0.1) is 24.5 Å². The first-order valence-corrected chi connectivity index (χ1v) is 9.05. The zero-order valence-electron chi connectivity index (χ0n) is 14.2. The van der Waals surface area contributed by atoms with Crippen molar-refractivity contribution in [1.29, 1.82) is 0 Å². The lowest BCUT2D eigenvalue weighted by molar-refractivity contribution is 0.0940. The van der Waals surface area contributed by atoms with E-state index in [0.29, 0.717) is 5.92 Å². The summed E-state index contributed by atoms with van der Waals surface area (Å²) in [6.07, 6.45) is 9.96. The van der Waals surface area contributed by atoms with Crippen molar-refractivity contribution in [3.05, 3.63) is 12.4 Å². The van der Waals surface area contributed by atoms with E-state index in [-0.39, 0.29) is 18.7 Å². The number of anilines is 1. The van der Waals surface area contributed by atoms with Crippen LogP contribution in [0.1, 0.15) is 38.5 Å². The first kappa shape index (κ1) is 17.2. The first-order chi connectivity index (χ1) is 11.7. The Balaban J connectivity index is 1.42. The summed E-state index contributed by atoms with van der Waals surface area (Å²) < 4.78 is 7.45. The van der Waals surface area contributed by atoms with Gasteiger partial charge in [-0.2, -0.15) is 5.10 Å². The molecule has 2 saturated heterocycles. The Morgan fingerprint density at radius 2 is 2.21 bits per heavy atom. The summed E-state index contributed by atoms with van der Waals surface area (Å²) in [6, 6.07) is -0.0488. The predicted octanol–water partition coefficient (Wildman–Crippen LogP) is 2.08. The Morgan fingerprint density at radius 1 is 1.38 bits per heavy atom. The van der Waals surface area contributed by atoms with Crippen molar-refractivity contribution in [1.82, 2.24) is 14.7 Å². The number of aliphatic hydroxyl groups excluding tert-OH is 1. The molecule has 1 aromatic heterocycles. The molecule has 0 spiro atoms. The fourth-order valence-corrected chi connectivity index (χ4v) is 3.53. The number of hydrogen-bond donors (Lipinski definition) is 2. The van der Waals surface area contributed by atoms with Gasteiger partial charge in [-0.15, -0.1) is 0 Å². The molecule has 0 bridgehead atoms. The molecule has 134 valence electrons. The third-order valence-corrected chi connectivity index (χ3v) is 4.97. The van der Waals surface area contributed by atoms with E-state index in [9.17, 15) is 4.79 Å². The average molecular weight is 336 g/mol. The van der Waals surface area contributed by atoms with Crippen molar-refractivity contribution < 1.29 is 14.6 Å². The van der Waals surface area contributed by atoms with Crippen LogP contribution in [0.2, 0.25) is 0 Å². The fourth-order valence-electron chi connectivity index (χ4n) is 3.53. The second-order valence-electron chi connectivity index (χ2n) is 6.81. The number of amides is 2. The smallest absolute Gasteiger partial charge is 0.321 e. The number of piperidine rings is 1. The Bertz CT molecular complexity index is 520. The molecule has 1 unspecified atom stereocenters. The zero-order valence-corrected chi connectivity index (χ0v) is 14.2. The molecule has 3 rings (SSSR count). The molecule has 1 aromatic rings. The topological polar surface area (TPSA) is 79.6 Å². The third kappa shape index (κ3) is 4.70. The fraction of sp³-hybridized carbons (Fsp3) is 0.765. The van der Waals surface area contributed by atoms with Crippen molar-refractivity contribution >= 4 is 11.7 Å². The van der Waals surface area contributed by atoms with Gasteiger partial charge in [-0.1, -0.05) is 0 Å². The van der Waals surface area contributed by atoms with Gasteiger partial charge in [-0.05, 0) is 44.4 Å². The van der Waals surface area contributed by atoms with Crippen LogP contribution < -0.4 is 5.32 Å². The van der Waals surface area contributed by atoms with Gasteiger partial charge in [0, 0.05) is 32.5 Å². The molecule has 24 heavy (non-hydrogen) atoms. The molecule has 0 saturated carbocycles. The van der Waals surface area contributed by atoms with Crippen LogP contribution in [0.15, 0.2) is 12.4 Å². The summed E-state index contributed by atoms with van der Waals surface area (Å²) >= 11 is 0. The van der Waals surface area contributed by atoms with E-state index in [1.54, 1.807) is 6.20 Å². The van der Waals surface area contributed by atoms with Crippen LogP contribution >= 0.6 is 0 Å². The van der Waals surface area contributed by atoms with Crippen LogP contribution in [0, 0.1) is 5.92 Å². The van der Waals surface area contributed by atoms with E-state index in [4.69, 9.17) is 9.84 Å². The molecule has 2 N–H and O–H groups in total. The zero-order chi connectivity index (χ0) is 16.8. The number of hydrogen-bond acceptors (Lipinski definition) is 4. The first-order valence-electron chi connectivity index (χ1n) is 9.05. The summed E-state index contributed by atoms with van der Waals surface area (Å²) in [5.41, 5.74) is 0.736. The molecule has 2 amide bonds. The lowest BCUT2D eigenvalue weighted by atomic mass is 9.92. The molecule has 2 aliphatic heterocycles. The number of urea groups is 1. The number of likely N-dealkylation sites (tertiary alicyclic amines) is 1. The highest BCUT2D eigenvalue weighted by Gasteiger charge is 2.23. The number of carbonyl (C=O) groups is 1. The van der Waals surface area contributed by atoms with Crippen molar-refractivity contribution in [3.8, 4) is 0 Å². The molecule has 7 heteroatoms. The molecule has 0 aliphatic carbocycles. The maximum absolute atomic E-state index is 12.4. The van der Waals surface area contributed by atoms with Crippen molar-refractivity contribution in [2.45, 2.75) is 51.2 Å². The van der Waals surface area contributed by atoms with Gasteiger partial charge in [0.1, 0.15) is 0 Å². The second kappa shape index (κ2) is 8.48. The minimum Gasteiger partial charge on any atom is -0.396 e. The van der Waals surface area contributed by atoms with Gasteiger partial charge in [0.25, 0.3) is 0 Å². The maximum Gasteiger partial charge on any atom is 0.321 e. The number of nitrogens with zero attached hydrogens (tertiary/aromatic N) is 3. The lowest BCUT2D eigenvalue weighted by Crippen LogP contribution is -2.41. The average Bonchev–Trinajstić information content (AvgIpc) is 3.26. The number of aliphatic hydroxyl groups is 1. The van der Waals surface area contributed by atoms with Crippen LogP contribution in [-0.4, -0.2) is 58.2 Å². The maximum atomic E-state index is 12.4. The molecule has 1 atom stereocenters. The Labute approximate surface area is 143 Å². The van der Waals surface area contributed by atoms with Crippen LogP contribution in [-0.2, 0) is 11.3 Å². The van der Waals surface area contributed by atoms with Crippen LogP contribution in [0.3, 0.4) is 0 Å². The Kier molecular flexibility index (Phi) is 6.09. The molecule has 0 aromatic carbocycles. The van der Waals surface area contributed by atoms with Gasteiger partial charge in [-0.25, -0.2) is 4.79 Å². The van der Waals surface area contributed by atoms with Crippen LogP contribution in [0.25, 0.3) is 0 Å². The highest BCUT2D eigenvalue weighted by atomic mass is 16.5. The summed E-state index contributed by atoms with van der Waals surface area (Å²) in [6.45, 7) is 3.41. The lowest BCUT2D eigenvalue weighted by Gasteiger charge is -2.31. The van der Waals surface area contributed by atoms with Crippen LogP contribution in [0.5, 0.6) is 0 Å². The van der Waals surface area contributed by atoms with E-state index in [1.807, 2.05) is 15.8 Å². The van der Waals surface area contributed by atoms with Gasteiger partial charge in [0.2, 0.25) is 0 Å². The van der Waals surface area contributed by atoms with Gasteiger partial charge < -0.3 is 20.1 Å². The van der Waals surface area contributed by atoms with E-state index in [1.165, 1.54) is 0 Å². The highest BCUT2D eigenvalue weighted by Crippen LogP contribution is 2.22. The molecule has 2 fully saturated rings. The highest BCUT2D eigenvalue weighted by molar-refractivity contribution is 5.89. The van der Waals surface area contributed by atoms with E-state index in [0.717, 1.165) is 70.5 Å². The van der Waals surface area contributed by atoms with Crippen molar-refractivity contribution in [3.63, 3.8) is 0 Å². The summed E-state index contributed by atoms with van der Waals surface area (Å²) in [7, 11) is 0. The summed E-state index contributed by atoms with van der Waals surface area (Å²) in [5.74, 6) is 0.635. The Hall–Kier alpha value is -1.60. The Morgan fingerprint density at radius 3 is 2.92 bits per heavy atom. The third-order valence-electron chi connectivity index (χ3n) is 4.97. The normalized spacial score (nSPS) is 22.0. The molecule has 7 nitrogen and oxygen atoms in total. The van der Waals surface area contributed by atoms with Crippen molar-refractivity contribution in [2.75, 3.05) is 31.6 Å². The van der Waals surface area contributed by atoms with Gasteiger partial charge >= 0.3 is 6.03 Å². The molecule has 3 heterocycles. The molecular weight excluding hydrogens is 308 g/mol. The molecule has 2 aliphatic rings. The van der Waals surface area contributed by atoms with E-state index >= 15 is 0 Å². The van der Waals surface area contributed by atoms with Gasteiger partial charge in [-0.3, -0.25) is 4.68 Å².